The van der Waals surface area contributed by atoms with Gasteiger partial charge in [-0.15, -0.1) is 0 Å². The normalized spacial score (nSPS) is 18.8. The van der Waals surface area contributed by atoms with Gasteiger partial charge in [0.05, 0.1) is 7.11 Å². The maximum atomic E-state index is 11.1. The van der Waals surface area contributed by atoms with Gasteiger partial charge in [-0.1, -0.05) is 0 Å². The van der Waals surface area contributed by atoms with Crippen molar-refractivity contribution in [2.75, 3.05) is 25.6 Å². The van der Waals surface area contributed by atoms with Gasteiger partial charge >= 0.3 is 6.09 Å². The Morgan fingerprint density at radius 1 is 1.44 bits per heavy atom. The van der Waals surface area contributed by atoms with E-state index in [0.717, 1.165) is 24.3 Å². The highest BCUT2D eigenvalue weighted by atomic mass is 16.5. The first-order valence-electron chi connectivity index (χ1n) is 6.00. The Morgan fingerprint density at radius 3 is 2.67 bits per heavy atom. The van der Waals surface area contributed by atoms with Crippen LogP contribution in [0.3, 0.4) is 0 Å². The summed E-state index contributed by atoms with van der Waals surface area (Å²) in [4.78, 5) is 14.6. The number of ether oxygens (including phenoxy) is 1. The number of benzene rings is 1. The predicted octanol–water partition coefficient (Wildman–Crippen LogP) is 2.23. The van der Waals surface area contributed by atoms with Gasteiger partial charge in [0.1, 0.15) is 11.9 Å². The molecule has 0 saturated carbocycles. The van der Waals surface area contributed by atoms with Gasteiger partial charge in [0, 0.05) is 19.3 Å². The van der Waals surface area contributed by atoms with Crippen LogP contribution in [0.5, 0.6) is 5.75 Å². The van der Waals surface area contributed by atoms with Gasteiger partial charge in [0.15, 0.2) is 0 Å². The van der Waals surface area contributed by atoms with E-state index in [-0.39, 0.29) is 6.17 Å². The van der Waals surface area contributed by atoms with Crippen LogP contribution in [0.4, 0.5) is 10.5 Å². The van der Waals surface area contributed by atoms with E-state index in [0.29, 0.717) is 6.54 Å². The van der Waals surface area contributed by atoms with Crippen molar-refractivity contribution in [3.8, 4) is 5.75 Å². The zero-order chi connectivity index (χ0) is 13.1. The summed E-state index contributed by atoms with van der Waals surface area (Å²) in [6.07, 6.45) is 0.862. The van der Waals surface area contributed by atoms with E-state index in [1.165, 1.54) is 4.90 Å². The van der Waals surface area contributed by atoms with Gasteiger partial charge in [0.2, 0.25) is 0 Å². The Bertz CT molecular complexity index is 419. The third-order valence-corrected chi connectivity index (χ3v) is 3.39. The Morgan fingerprint density at radius 2 is 2.11 bits per heavy atom. The van der Waals surface area contributed by atoms with Crippen LogP contribution in [-0.2, 0) is 0 Å². The summed E-state index contributed by atoms with van der Waals surface area (Å²) in [5.74, 6) is 0.800. The molecule has 1 aliphatic rings. The molecule has 1 aromatic rings. The molecule has 18 heavy (non-hydrogen) atoms. The lowest BCUT2D eigenvalue weighted by atomic mass is 10.2. The number of hydrogen-bond acceptors (Lipinski definition) is 3. The third-order valence-electron chi connectivity index (χ3n) is 3.39. The summed E-state index contributed by atoms with van der Waals surface area (Å²) in [5.41, 5.74) is 0.994. The zero-order valence-corrected chi connectivity index (χ0v) is 10.7. The molecule has 1 amide bonds. The van der Waals surface area contributed by atoms with E-state index in [9.17, 15) is 4.79 Å². The SMILES string of the molecule is COc1ccc(N(C)C2CCCN2C(=O)O)cc1. The fourth-order valence-electron chi connectivity index (χ4n) is 2.36. The summed E-state index contributed by atoms with van der Waals surface area (Å²) in [5, 5.41) is 9.14. The maximum absolute atomic E-state index is 11.1. The first-order chi connectivity index (χ1) is 8.63. The van der Waals surface area contributed by atoms with Crippen LogP contribution in [-0.4, -0.2) is 43.0 Å². The van der Waals surface area contributed by atoms with Crippen molar-refractivity contribution in [1.29, 1.82) is 0 Å². The molecule has 5 nitrogen and oxygen atoms in total. The second kappa shape index (κ2) is 5.16. The van der Waals surface area contributed by atoms with E-state index >= 15 is 0 Å². The van der Waals surface area contributed by atoms with Crippen molar-refractivity contribution in [2.45, 2.75) is 19.0 Å². The third kappa shape index (κ3) is 2.34. The van der Waals surface area contributed by atoms with Crippen LogP contribution in [0.25, 0.3) is 0 Å². The van der Waals surface area contributed by atoms with E-state index in [1.807, 2.05) is 36.2 Å². The second-order valence-corrected chi connectivity index (χ2v) is 4.41. The summed E-state index contributed by atoms with van der Waals surface area (Å²) < 4.78 is 5.11. The molecule has 5 heteroatoms. The van der Waals surface area contributed by atoms with Gasteiger partial charge in [-0.2, -0.15) is 0 Å². The average molecular weight is 250 g/mol. The molecule has 0 bridgehead atoms. The van der Waals surface area contributed by atoms with E-state index in [4.69, 9.17) is 9.84 Å². The minimum Gasteiger partial charge on any atom is -0.497 e. The monoisotopic (exact) mass is 250 g/mol. The molecule has 1 N–H and O–H groups in total. The largest absolute Gasteiger partial charge is 0.497 e. The van der Waals surface area contributed by atoms with Gasteiger partial charge in [-0.25, -0.2) is 4.79 Å². The summed E-state index contributed by atoms with van der Waals surface area (Å²) in [6.45, 7) is 0.612. The quantitative estimate of drug-likeness (QED) is 0.893. The minimum atomic E-state index is -0.849. The number of methoxy groups -OCH3 is 1. The molecule has 0 radical (unpaired) electrons. The molecule has 0 aliphatic carbocycles. The molecule has 1 heterocycles. The Balaban J connectivity index is 2.14. The summed E-state index contributed by atoms with van der Waals surface area (Å²) >= 11 is 0. The van der Waals surface area contributed by atoms with Crippen LogP contribution < -0.4 is 9.64 Å². The fourth-order valence-corrected chi connectivity index (χ4v) is 2.36. The number of amides is 1. The predicted molar refractivity (Wildman–Crippen MR) is 69.1 cm³/mol. The Hall–Kier alpha value is -1.91. The molecule has 0 aromatic heterocycles. The fraction of sp³-hybridized carbons (Fsp3) is 0.462. The average Bonchev–Trinajstić information content (AvgIpc) is 2.87. The molecule has 1 saturated heterocycles. The second-order valence-electron chi connectivity index (χ2n) is 4.41. The molecule has 98 valence electrons. The van der Waals surface area contributed by atoms with Crippen molar-refractivity contribution < 1.29 is 14.6 Å². The van der Waals surface area contributed by atoms with Crippen molar-refractivity contribution in [3.63, 3.8) is 0 Å². The molecule has 1 aromatic carbocycles. The van der Waals surface area contributed by atoms with Gasteiger partial charge in [-0.3, -0.25) is 4.90 Å². The smallest absolute Gasteiger partial charge is 0.408 e. The first-order valence-corrected chi connectivity index (χ1v) is 6.00. The number of rotatable bonds is 3. The topological polar surface area (TPSA) is 53.0 Å². The number of carboxylic acid groups (broad SMARTS) is 1. The standard InChI is InChI=1S/C13H18N2O3/c1-14(10-5-7-11(18-2)8-6-10)12-4-3-9-15(12)13(16)17/h5-8,12H,3-4,9H2,1-2H3,(H,16,17). The molecular weight excluding hydrogens is 232 g/mol. The molecule has 1 unspecified atom stereocenters. The van der Waals surface area contributed by atoms with Crippen LogP contribution >= 0.6 is 0 Å². The van der Waals surface area contributed by atoms with Gasteiger partial charge < -0.3 is 14.7 Å². The molecule has 1 fully saturated rings. The van der Waals surface area contributed by atoms with Crippen molar-refractivity contribution in [1.82, 2.24) is 4.90 Å². The van der Waals surface area contributed by atoms with E-state index < -0.39 is 6.09 Å². The lowest BCUT2D eigenvalue weighted by molar-refractivity contribution is 0.140. The number of hydrogen-bond donors (Lipinski definition) is 1. The van der Waals surface area contributed by atoms with Crippen LogP contribution in [0, 0.1) is 0 Å². The number of carbonyl (C=O) groups is 1. The lowest BCUT2D eigenvalue weighted by Gasteiger charge is -2.32. The van der Waals surface area contributed by atoms with Crippen LogP contribution in [0.15, 0.2) is 24.3 Å². The van der Waals surface area contributed by atoms with E-state index in [1.54, 1.807) is 7.11 Å². The highest BCUT2D eigenvalue weighted by Crippen LogP contribution is 2.26. The molecule has 1 aliphatic heterocycles. The number of nitrogens with zero attached hydrogens (tertiary/aromatic N) is 2. The molecule has 2 rings (SSSR count). The highest BCUT2D eigenvalue weighted by molar-refractivity contribution is 5.66. The van der Waals surface area contributed by atoms with Crippen LogP contribution in [0.1, 0.15) is 12.8 Å². The van der Waals surface area contributed by atoms with Crippen LogP contribution in [0.2, 0.25) is 0 Å². The van der Waals surface area contributed by atoms with Gasteiger partial charge in [-0.05, 0) is 37.1 Å². The molecule has 0 spiro atoms. The maximum Gasteiger partial charge on any atom is 0.408 e. The molecular formula is C13H18N2O3. The Labute approximate surface area is 107 Å². The first kappa shape index (κ1) is 12.5. The lowest BCUT2D eigenvalue weighted by Crippen LogP contribution is -2.45. The minimum absolute atomic E-state index is 0.0732. The summed E-state index contributed by atoms with van der Waals surface area (Å²) in [7, 11) is 3.55. The Kier molecular flexibility index (Phi) is 3.60. The zero-order valence-electron chi connectivity index (χ0n) is 10.7. The molecule has 1 atom stereocenters. The highest BCUT2D eigenvalue weighted by Gasteiger charge is 2.31. The van der Waals surface area contributed by atoms with Crippen molar-refractivity contribution in [3.05, 3.63) is 24.3 Å². The van der Waals surface area contributed by atoms with Gasteiger partial charge in [0.25, 0.3) is 0 Å². The number of likely N-dealkylation sites (tertiary alicyclic amines) is 1. The number of anilines is 1. The van der Waals surface area contributed by atoms with Crippen molar-refractivity contribution in [2.24, 2.45) is 0 Å². The van der Waals surface area contributed by atoms with Crippen molar-refractivity contribution >= 4 is 11.8 Å². The summed E-state index contributed by atoms with van der Waals surface area (Å²) in [6, 6.07) is 7.64. The van der Waals surface area contributed by atoms with E-state index in [2.05, 4.69) is 0 Å².